The third-order valence-electron chi connectivity index (χ3n) is 3.20. The van der Waals surface area contributed by atoms with Crippen LogP contribution in [0.2, 0.25) is 0 Å². The summed E-state index contributed by atoms with van der Waals surface area (Å²) in [5.41, 5.74) is 5.38. The van der Waals surface area contributed by atoms with Crippen LogP contribution < -0.4 is 11.1 Å². The number of carbonyl (C=O) groups is 1. The molecule has 0 saturated carbocycles. The summed E-state index contributed by atoms with van der Waals surface area (Å²) in [5, 5.41) is 3.18. The smallest absolute Gasteiger partial charge is 0.265 e. The van der Waals surface area contributed by atoms with Crippen LogP contribution in [0.25, 0.3) is 0 Å². The number of piperazine rings is 1. The van der Waals surface area contributed by atoms with E-state index in [2.05, 4.69) is 5.32 Å². The van der Waals surface area contributed by atoms with Gasteiger partial charge in [-0.3, -0.25) is 4.79 Å². The molecule has 1 amide bonds. The highest BCUT2D eigenvalue weighted by molar-refractivity contribution is 7.89. The molecule has 1 saturated heterocycles. The first-order chi connectivity index (χ1) is 8.82. The number of aryl methyl sites for hydroxylation is 1. The third-order valence-corrected chi connectivity index (χ3v) is 5.03. The number of nitrogens with zero attached hydrogens (tertiary/aromatic N) is 2. The van der Waals surface area contributed by atoms with Crippen LogP contribution in [-0.4, -0.2) is 48.9 Å². The number of primary amides is 1. The SMILES string of the molecule is CC1CN(S(=O)(=O)c2cc(C(N)=O)n(C)c2)CCN1. The topological polar surface area (TPSA) is 97.4 Å². The first-order valence-corrected chi connectivity index (χ1v) is 7.46. The van der Waals surface area contributed by atoms with Gasteiger partial charge in [0.05, 0.1) is 0 Å². The molecule has 0 bridgehead atoms. The molecule has 2 rings (SSSR count). The molecule has 0 radical (unpaired) electrons. The van der Waals surface area contributed by atoms with Gasteiger partial charge < -0.3 is 15.6 Å². The zero-order valence-electron chi connectivity index (χ0n) is 11.0. The van der Waals surface area contributed by atoms with E-state index in [-0.39, 0.29) is 16.6 Å². The second-order valence-electron chi connectivity index (χ2n) is 4.75. The van der Waals surface area contributed by atoms with E-state index in [4.69, 9.17) is 5.73 Å². The van der Waals surface area contributed by atoms with E-state index in [1.807, 2.05) is 6.92 Å². The average molecular weight is 286 g/mol. The van der Waals surface area contributed by atoms with Crippen molar-refractivity contribution in [2.75, 3.05) is 19.6 Å². The van der Waals surface area contributed by atoms with E-state index in [9.17, 15) is 13.2 Å². The lowest BCUT2D eigenvalue weighted by Gasteiger charge is -2.30. The molecule has 1 unspecified atom stereocenters. The Labute approximate surface area is 112 Å². The van der Waals surface area contributed by atoms with Crippen molar-refractivity contribution in [2.45, 2.75) is 17.9 Å². The third kappa shape index (κ3) is 2.65. The lowest BCUT2D eigenvalue weighted by molar-refractivity contribution is 0.0992. The normalized spacial score (nSPS) is 21.5. The summed E-state index contributed by atoms with van der Waals surface area (Å²) in [6, 6.07) is 1.44. The number of aromatic nitrogens is 1. The summed E-state index contributed by atoms with van der Waals surface area (Å²) in [6.07, 6.45) is 1.42. The van der Waals surface area contributed by atoms with Crippen molar-refractivity contribution in [3.63, 3.8) is 0 Å². The van der Waals surface area contributed by atoms with Crippen LogP contribution >= 0.6 is 0 Å². The molecule has 0 aromatic carbocycles. The van der Waals surface area contributed by atoms with E-state index in [1.54, 1.807) is 7.05 Å². The maximum atomic E-state index is 12.5. The van der Waals surface area contributed by atoms with Crippen molar-refractivity contribution in [1.82, 2.24) is 14.2 Å². The van der Waals surface area contributed by atoms with Crippen LogP contribution in [0.4, 0.5) is 0 Å². The molecule has 8 heteroatoms. The van der Waals surface area contributed by atoms with Crippen molar-refractivity contribution in [3.05, 3.63) is 18.0 Å². The molecule has 1 aliphatic heterocycles. The molecule has 1 aromatic heterocycles. The minimum absolute atomic E-state index is 0.109. The number of nitrogens with one attached hydrogen (secondary N) is 1. The predicted molar refractivity (Wildman–Crippen MR) is 70.2 cm³/mol. The van der Waals surface area contributed by atoms with Gasteiger partial charge in [-0.2, -0.15) is 4.31 Å². The summed E-state index contributed by atoms with van der Waals surface area (Å²) in [4.78, 5) is 11.3. The fraction of sp³-hybridized carbons (Fsp3) is 0.545. The summed E-state index contributed by atoms with van der Waals surface area (Å²) in [7, 11) is -1.97. The van der Waals surface area contributed by atoms with E-state index >= 15 is 0 Å². The molecule has 1 fully saturated rings. The highest BCUT2D eigenvalue weighted by atomic mass is 32.2. The van der Waals surface area contributed by atoms with Crippen LogP contribution in [0.5, 0.6) is 0 Å². The number of carbonyl (C=O) groups excluding carboxylic acids is 1. The Morgan fingerprint density at radius 2 is 2.21 bits per heavy atom. The quantitative estimate of drug-likeness (QED) is 0.753. The fourth-order valence-corrected chi connectivity index (χ4v) is 3.79. The molecule has 19 heavy (non-hydrogen) atoms. The summed E-state index contributed by atoms with van der Waals surface area (Å²) in [5.74, 6) is -0.641. The first-order valence-electron chi connectivity index (χ1n) is 6.02. The van der Waals surface area contributed by atoms with Gasteiger partial charge in [0.15, 0.2) is 0 Å². The van der Waals surface area contributed by atoms with Gasteiger partial charge in [-0.05, 0) is 13.0 Å². The Balaban J connectivity index is 2.34. The molecule has 106 valence electrons. The van der Waals surface area contributed by atoms with Crippen molar-refractivity contribution >= 4 is 15.9 Å². The Morgan fingerprint density at radius 1 is 1.53 bits per heavy atom. The summed E-state index contributed by atoms with van der Waals surface area (Å²) in [6.45, 7) is 3.40. The molecular weight excluding hydrogens is 268 g/mol. The molecule has 1 aromatic rings. The molecule has 7 nitrogen and oxygen atoms in total. The number of hydrogen-bond acceptors (Lipinski definition) is 4. The highest BCUT2D eigenvalue weighted by Gasteiger charge is 2.30. The maximum absolute atomic E-state index is 12.5. The van der Waals surface area contributed by atoms with Crippen molar-refractivity contribution < 1.29 is 13.2 Å². The largest absolute Gasteiger partial charge is 0.364 e. The van der Waals surface area contributed by atoms with Gasteiger partial charge >= 0.3 is 0 Å². The number of nitrogens with two attached hydrogens (primary N) is 1. The Hall–Kier alpha value is -1.38. The van der Waals surface area contributed by atoms with Gasteiger partial charge in [-0.25, -0.2) is 8.42 Å². The van der Waals surface area contributed by atoms with E-state index in [0.717, 1.165) is 0 Å². The van der Waals surface area contributed by atoms with E-state index in [1.165, 1.54) is 21.1 Å². The van der Waals surface area contributed by atoms with E-state index < -0.39 is 15.9 Å². The number of amides is 1. The van der Waals surface area contributed by atoms with Crippen LogP contribution in [0.15, 0.2) is 17.2 Å². The monoisotopic (exact) mass is 286 g/mol. The summed E-state index contributed by atoms with van der Waals surface area (Å²) < 4.78 is 27.8. The molecule has 1 aliphatic rings. The van der Waals surface area contributed by atoms with Crippen molar-refractivity contribution in [1.29, 1.82) is 0 Å². The zero-order chi connectivity index (χ0) is 14.2. The van der Waals surface area contributed by atoms with Crippen molar-refractivity contribution in [3.8, 4) is 0 Å². The Morgan fingerprint density at radius 3 is 2.74 bits per heavy atom. The van der Waals surface area contributed by atoms with Gasteiger partial charge in [-0.1, -0.05) is 0 Å². The van der Waals surface area contributed by atoms with Crippen LogP contribution in [-0.2, 0) is 17.1 Å². The number of sulfonamides is 1. The number of hydrogen-bond donors (Lipinski definition) is 2. The van der Waals surface area contributed by atoms with Crippen LogP contribution in [0.3, 0.4) is 0 Å². The van der Waals surface area contributed by atoms with Gasteiger partial charge in [0, 0.05) is 38.9 Å². The minimum Gasteiger partial charge on any atom is -0.364 e. The predicted octanol–water partition coefficient (Wildman–Crippen LogP) is -0.894. The van der Waals surface area contributed by atoms with Gasteiger partial charge in [0.2, 0.25) is 10.0 Å². The van der Waals surface area contributed by atoms with Crippen LogP contribution in [0, 0.1) is 0 Å². The standard InChI is InChI=1S/C11H18N4O3S/c1-8-6-15(4-3-13-8)19(17,18)9-5-10(11(12)16)14(2)7-9/h5,7-8,13H,3-4,6H2,1-2H3,(H2,12,16). The molecule has 0 spiro atoms. The fourth-order valence-electron chi connectivity index (χ4n) is 2.18. The lowest BCUT2D eigenvalue weighted by Crippen LogP contribution is -2.51. The molecule has 2 heterocycles. The molecule has 0 aliphatic carbocycles. The van der Waals surface area contributed by atoms with E-state index in [0.29, 0.717) is 19.6 Å². The van der Waals surface area contributed by atoms with Gasteiger partial charge in [0.25, 0.3) is 5.91 Å². The van der Waals surface area contributed by atoms with Crippen LogP contribution in [0.1, 0.15) is 17.4 Å². The Bertz CT molecular complexity index is 593. The second-order valence-corrected chi connectivity index (χ2v) is 6.69. The molecular formula is C11H18N4O3S. The minimum atomic E-state index is -3.57. The van der Waals surface area contributed by atoms with Gasteiger partial charge in [0.1, 0.15) is 10.6 Å². The highest BCUT2D eigenvalue weighted by Crippen LogP contribution is 2.19. The second kappa shape index (κ2) is 4.95. The average Bonchev–Trinajstić information content (AvgIpc) is 2.72. The molecule has 3 N–H and O–H groups in total. The van der Waals surface area contributed by atoms with Gasteiger partial charge in [-0.15, -0.1) is 0 Å². The zero-order valence-corrected chi connectivity index (χ0v) is 11.8. The first kappa shape index (κ1) is 14.0. The molecule has 1 atom stereocenters. The number of rotatable bonds is 3. The lowest BCUT2D eigenvalue weighted by atomic mass is 10.3. The summed E-state index contributed by atoms with van der Waals surface area (Å²) >= 11 is 0. The Kier molecular flexibility index (Phi) is 3.66. The van der Waals surface area contributed by atoms with Crippen molar-refractivity contribution in [2.24, 2.45) is 12.8 Å². The maximum Gasteiger partial charge on any atom is 0.265 e.